The van der Waals surface area contributed by atoms with Gasteiger partial charge in [0.05, 0.1) is 13.0 Å². The average molecular weight is 374 g/mol. The molecule has 148 valence electrons. The third-order valence-corrected chi connectivity index (χ3v) is 5.53. The summed E-state index contributed by atoms with van der Waals surface area (Å²) in [6.45, 7) is 8.85. The Labute approximate surface area is 161 Å². The van der Waals surface area contributed by atoms with Crippen LogP contribution in [0.3, 0.4) is 0 Å². The van der Waals surface area contributed by atoms with E-state index in [9.17, 15) is 9.59 Å². The van der Waals surface area contributed by atoms with Gasteiger partial charge in [-0.1, -0.05) is 0 Å². The lowest BCUT2D eigenvalue weighted by atomic mass is 10.0. The van der Waals surface area contributed by atoms with E-state index in [4.69, 9.17) is 9.72 Å². The van der Waals surface area contributed by atoms with Gasteiger partial charge < -0.3 is 19.4 Å². The lowest BCUT2D eigenvalue weighted by Gasteiger charge is -2.36. The summed E-state index contributed by atoms with van der Waals surface area (Å²) in [5.74, 6) is 0.590. The number of hydrogen-bond donors (Lipinski definition) is 0. The SMILES string of the molecule is COCCC(=O)N1CC[C@H](c2cc(N3CCN(C(C)=O)CC3)cc(C)n2)C1. The third-order valence-electron chi connectivity index (χ3n) is 5.53. The summed E-state index contributed by atoms with van der Waals surface area (Å²) in [4.78, 5) is 34.7. The molecule has 2 amide bonds. The fourth-order valence-electron chi connectivity index (χ4n) is 3.92. The molecule has 27 heavy (non-hydrogen) atoms. The van der Waals surface area contributed by atoms with Crippen LogP contribution in [0.15, 0.2) is 12.1 Å². The molecule has 1 aromatic rings. The second-order valence-electron chi connectivity index (χ2n) is 7.45. The van der Waals surface area contributed by atoms with E-state index in [1.165, 1.54) is 5.69 Å². The number of piperazine rings is 1. The minimum absolute atomic E-state index is 0.144. The molecule has 0 radical (unpaired) electrons. The number of carbonyl (C=O) groups is 2. The van der Waals surface area contributed by atoms with Crippen LogP contribution in [-0.4, -0.2) is 79.6 Å². The van der Waals surface area contributed by atoms with Gasteiger partial charge in [-0.3, -0.25) is 14.6 Å². The molecule has 2 aliphatic heterocycles. The Morgan fingerprint density at radius 2 is 1.89 bits per heavy atom. The lowest BCUT2D eigenvalue weighted by molar-refractivity contribution is -0.131. The molecule has 0 spiro atoms. The summed E-state index contributed by atoms with van der Waals surface area (Å²) in [5.41, 5.74) is 3.24. The fraction of sp³-hybridized carbons (Fsp3) is 0.650. The highest BCUT2D eigenvalue weighted by Gasteiger charge is 2.29. The maximum Gasteiger partial charge on any atom is 0.224 e. The molecule has 7 nitrogen and oxygen atoms in total. The second kappa shape index (κ2) is 8.69. The molecule has 2 aliphatic rings. The predicted octanol–water partition coefficient (Wildman–Crippen LogP) is 1.41. The van der Waals surface area contributed by atoms with Crippen LogP contribution >= 0.6 is 0 Å². The van der Waals surface area contributed by atoms with Gasteiger partial charge in [-0.15, -0.1) is 0 Å². The van der Waals surface area contributed by atoms with Crippen LogP contribution in [-0.2, 0) is 14.3 Å². The highest BCUT2D eigenvalue weighted by molar-refractivity contribution is 5.76. The monoisotopic (exact) mass is 374 g/mol. The van der Waals surface area contributed by atoms with E-state index in [1.54, 1.807) is 14.0 Å². The van der Waals surface area contributed by atoms with E-state index in [0.717, 1.165) is 57.1 Å². The zero-order valence-electron chi connectivity index (χ0n) is 16.6. The zero-order chi connectivity index (χ0) is 19.4. The van der Waals surface area contributed by atoms with Crippen LogP contribution in [0.2, 0.25) is 0 Å². The molecule has 0 unspecified atom stereocenters. The average Bonchev–Trinajstić information content (AvgIpc) is 3.16. The smallest absolute Gasteiger partial charge is 0.224 e. The molecule has 0 N–H and O–H groups in total. The third kappa shape index (κ3) is 4.77. The van der Waals surface area contributed by atoms with E-state index in [0.29, 0.717) is 13.0 Å². The van der Waals surface area contributed by atoms with Gasteiger partial charge in [0.2, 0.25) is 11.8 Å². The Morgan fingerprint density at radius 1 is 1.15 bits per heavy atom. The van der Waals surface area contributed by atoms with Crippen LogP contribution in [0.5, 0.6) is 0 Å². The lowest BCUT2D eigenvalue weighted by Crippen LogP contribution is -2.48. The first-order valence-electron chi connectivity index (χ1n) is 9.73. The quantitative estimate of drug-likeness (QED) is 0.780. The van der Waals surface area contributed by atoms with Crippen molar-refractivity contribution in [3.05, 3.63) is 23.5 Å². The van der Waals surface area contributed by atoms with Crippen LogP contribution in [0.4, 0.5) is 5.69 Å². The summed E-state index contributed by atoms with van der Waals surface area (Å²) in [6, 6.07) is 4.29. The van der Waals surface area contributed by atoms with E-state index in [-0.39, 0.29) is 17.7 Å². The first-order valence-corrected chi connectivity index (χ1v) is 9.73. The van der Waals surface area contributed by atoms with Gasteiger partial charge in [0, 0.05) is 76.3 Å². The molecule has 0 aromatic carbocycles. The molecule has 0 saturated carbocycles. The van der Waals surface area contributed by atoms with Crippen molar-refractivity contribution in [3.63, 3.8) is 0 Å². The number of aryl methyl sites for hydroxylation is 1. The number of aromatic nitrogens is 1. The zero-order valence-corrected chi connectivity index (χ0v) is 16.6. The van der Waals surface area contributed by atoms with Crippen molar-refractivity contribution in [2.24, 2.45) is 0 Å². The first-order chi connectivity index (χ1) is 13.0. The Balaban J connectivity index is 1.66. The number of rotatable bonds is 5. The molecule has 2 fully saturated rings. The van der Waals surface area contributed by atoms with Crippen molar-refractivity contribution in [1.29, 1.82) is 0 Å². The highest BCUT2D eigenvalue weighted by Crippen LogP contribution is 2.29. The maximum atomic E-state index is 12.2. The fourth-order valence-corrected chi connectivity index (χ4v) is 3.92. The Bertz CT molecular complexity index is 686. The van der Waals surface area contributed by atoms with E-state index in [2.05, 4.69) is 17.0 Å². The van der Waals surface area contributed by atoms with Gasteiger partial charge in [0.1, 0.15) is 0 Å². The molecule has 1 atom stereocenters. The number of amides is 2. The summed E-state index contributed by atoms with van der Waals surface area (Å²) in [5, 5.41) is 0. The summed E-state index contributed by atoms with van der Waals surface area (Å²) >= 11 is 0. The molecule has 1 aromatic heterocycles. The van der Waals surface area contributed by atoms with Crippen molar-refractivity contribution in [3.8, 4) is 0 Å². The van der Waals surface area contributed by atoms with Crippen molar-refractivity contribution in [2.75, 3.05) is 57.9 Å². The normalized spacial score (nSPS) is 20.3. The predicted molar refractivity (Wildman–Crippen MR) is 104 cm³/mol. The van der Waals surface area contributed by atoms with E-state index in [1.807, 2.05) is 16.7 Å². The molecule has 3 rings (SSSR count). The summed E-state index contributed by atoms with van der Waals surface area (Å²) < 4.78 is 5.01. The second-order valence-corrected chi connectivity index (χ2v) is 7.45. The van der Waals surface area contributed by atoms with Gasteiger partial charge in [-0.05, 0) is 25.5 Å². The summed E-state index contributed by atoms with van der Waals surface area (Å²) in [7, 11) is 1.62. The van der Waals surface area contributed by atoms with Crippen molar-refractivity contribution in [1.82, 2.24) is 14.8 Å². The van der Waals surface area contributed by atoms with Gasteiger partial charge in [0.15, 0.2) is 0 Å². The molecule has 7 heteroatoms. The largest absolute Gasteiger partial charge is 0.384 e. The molecule has 2 saturated heterocycles. The molecule has 0 aliphatic carbocycles. The standard InChI is InChI=1S/C20H30N4O3/c1-15-12-18(23-9-7-22(8-10-23)16(2)25)13-19(21-15)17-4-6-24(14-17)20(26)5-11-27-3/h12-13,17H,4-11,14H2,1-3H3/t17-/m0/s1. The molecule has 0 bridgehead atoms. The Hall–Kier alpha value is -2.15. The number of methoxy groups -OCH3 is 1. The van der Waals surface area contributed by atoms with Gasteiger partial charge in [0.25, 0.3) is 0 Å². The van der Waals surface area contributed by atoms with Gasteiger partial charge in [-0.2, -0.15) is 0 Å². The van der Waals surface area contributed by atoms with Crippen LogP contribution < -0.4 is 4.90 Å². The highest BCUT2D eigenvalue weighted by atomic mass is 16.5. The topological polar surface area (TPSA) is 66.0 Å². The van der Waals surface area contributed by atoms with Crippen LogP contribution in [0, 0.1) is 6.92 Å². The number of hydrogen-bond acceptors (Lipinski definition) is 5. The van der Waals surface area contributed by atoms with Crippen molar-refractivity contribution < 1.29 is 14.3 Å². The number of carbonyl (C=O) groups excluding carboxylic acids is 2. The minimum atomic E-state index is 0.144. The van der Waals surface area contributed by atoms with Gasteiger partial charge in [-0.25, -0.2) is 0 Å². The van der Waals surface area contributed by atoms with E-state index >= 15 is 0 Å². The first kappa shape index (κ1) is 19.6. The number of anilines is 1. The number of likely N-dealkylation sites (tertiary alicyclic amines) is 1. The Morgan fingerprint density at radius 3 is 2.56 bits per heavy atom. The number of pyridine rings is 1. The van der Waals surface area contributed by atoms with Crippen LogP contribution in [0.1, 0.15) is 37.1 Å². The van der Waals surface area contributed by atoms with Crippen molar-refractivity contribution >= 4 is 17.5 Å². The molecule has 3 heterocycles. The van der Waals surface area contributed by atoms with Gasteiger partial charge >= 0.3 is 0 Å². The number of nitrogens with zero attached hydrogens (tertiary/aromatic N) is 4. The van der Waals surface area contributed by atoms with Crippen molar-refractivity contribution in [2.45, 2.75) is 32.6 Å². The molecular weight excluding hydrogens is 344 g/mol. The van der Waals surface area contributed by atoms with E-state index < -0.39 is 0 Å². The number of ether oxygens (including phenoxy) is 1. The maximum absolute atomic E-state index is 12.2. The summed E-state index contributed by atoms with van der Waals surface area (Å²) in [6.07, 6.45) is 1.39. The Kier molecular flexibility index (Phi) is 6.31. The van der Waals surface area contributed by atoms with Crippen LogP contribution in [0.25, 0.3) is 0 Å². The molecular formula is C20H30N4O3. The minimum Gasteiger partial charge on any atom is -0.384 e.